The molecule has 0 spiro atoms. The number of nitrogens with one attached hydrogen (secondary N) is 1. The maximum atomic E-state index is 16.2. The van der Waals surface area contributed by atoms with Gasteiger partial charge in [0.05, 0.1) is 24.9 Å². The molecule has 2 aliphatic heterocycles. The maximum Gasteiger partial charge on any atom is 0.283 e. The van der Waals surface area contributed by atoms with Crippen molar-refractivity contribution in [3.63, 3.8) is 0 Å². The van der Waals surface area contributed by atoms with Gasteiger partial charge in [0.15, 0.2) is 11.8 Å². The molecule has 0 saturated carbocycles. The van der Waals surface area contributed by atoms with Gasteiger partial charge in [-0.15, -0.1) is 0 Å². The van der Waals surface area contributed by atoms with Crippen LogP contribution in [0.3, 0.4) is 0 Å². The van der Waals surface area contributed by atoms with Gasteiger partial charge in [0, 0.05) is 12.8 Å². The Labute approximate surface area is 202 Å². The van der Waals surface area contributed by atoms with Gasteiger partial charge in [-0.05, 0) is 31.1 Å². The number of rotatable bonds is 7. The van der Waals surface area contributed by atoms with Crippen LogP contribution in [0.1, 0.15) is 32.3 Å². The second-order valence-electron chi connectivity index (χ2n) is 9.43. The number of benzene rings is 1. The first-order valence-corrected chi connectivity index (χ1v) is 13.1. The van der Waals surface area contributed by atoms with Crippen molar-refractivity contribution < 1.29 is 35.5 Å². The van der Waals surface area contributed by atoms with E-state index in [2.05, 4.69) is 0 Å². The van der Waals surface area contributed by atoms with Gasteiger partial charge in [0.2, 0.25) is 10.0 Å². The zero-order valence-corrected chi connectivity index (χ0v) is 20.2. The predicted octanol–water partition coefficient (Wildman–Crippen LogP) is 3.41. The number of hydrogen-bond acceptors (Lipinski definition) is 4. The van der Waals surface area contributed by atoms with Crippen molar-refractivity contribution in [1.82, 2.24) is 9.62 Å². The van der Waals surface area contributed by atoms with Crippen LogP contribution in [-0.4, -0.2) is 73.6 Å². The third-order valence-corrected chi connectivity index (χ3v) is 8.37. The number of halogens is 4. The van der Waals surface area contributed by atoms with Crippen LogP contribution in [0.15, 0.2) is 48.6 Å². The maximum absolute atomic E-state index is 16.2. The molecule has 3 aliphatic rings. The van der Waals surface area contributed by atoms with E-state index in [0.29, 0.717) is 5.56 Å². The van der Waals surface area contributed by atoms with E-state index >= 15 is 17.6 Å². The molecule has 2 fully saturated rings. The summed E-state index contributed by atoms with van der Waals surface area (Å²) in [7, 11) is -4.16. The molecule has 1 amide bonds. The summed E-state index contributed by atoms with van der Waals surface area (Å²) in [4.78, 5) is 13.9. The summed E-state index contributed by atoms with van der Waals surface area (Å²) in [5.41, 5.74) is -3.68. The lowest BCUT2D eigenvalue weighted by atomic mass is 9.80. The van der Waals surface area contributed by atoms with Crippen molar-refractivity contribution in [2.24, 2.45) is 0 Å². The Hall–Kier alpha value is -2.24. The smallest absolute Gasteiger partial charge is 0.283 e. The highest BCUT2D eigenvalue weighted by atomic mass is 32.2. The molecule has 11 heteroatoms. The Balaban J connectivity index is 1.70. The summed E-state index contributed by atoms with van der Waals surface area (Å²) in [5.74, 6) is -5.00. The summed E-state index contributed by atoms with van der Waals surface area (Å²) < 4.78 is 93.9. The van der Waals surface area contributed by atoms with Crippen LogP contribution < -0.4 is 4.72 Å². The van der Waals surface area contributed by atoms with E-state index in [1.165, 1.54) is 26.0 Å². The van der Waals surface area contributed by atoms with Crippen LogP contribution >= 0.6 is 0 Å². The largest absolute Gasteiger partial charge is 0.365 e. The van der Waals surface area contributed by atoms with Gasteiger partial charge in [-0.3, -0.25) is 4.79 Å². The average molecular weight is 517 g/mol. The molecule has 6 nitrogen and oxygen atoms in total. The van der Waals surface area contributed by atoms with E-state index in [9.17, 15) is 13.2 Å². The minimum atomic E-state index is -4.16. The minimum absolute atomic E-state index is 0.0261. The standard InChI is InChI=1S/C24H28F4N2O4S/c1-3-35(32,33)29-20-18(30(15-24(20,27)28)21(31)22(2)12-13-34-22)14-23(26)11-7-10-17(19(23)25)16-8-5-4-6-9-16/h4-11,18-20,29H,3,12-15H2,1-2H3/t18-,19?,20+,22?,23?/m0/s1. The third-order valence-electron chi connectivity index (χ3n) is 6.99. The van der Waals surface area contributed by atoms with Crippen LogP contribution in [0.25, 0.3) is 5.57 Å². The molecule has 2 saturated heterocycles. The van der Waals surface area contributed by atoms with Crippen LogP contribution in [-0.2, 0) is 19.6 Å². The Kier molecular flexibility index (Phi) is 6.65. The second kappa shape index (κ2) is 9.01. The number of carbonyl (C=O) groups excluding carboxylic acids is 1. The van der Waals surface area contributed by atoms with E-state index in [0.717, 1.165) is 11.0 Å². The molecule has 1 N–H and O–H groups in total. The molecule has 1 aromatic carbocycles. The number of sulfonamides is 1. The molecule has 1 aromatic rings. The van der Waals surface area contributed by atoms with Gasteiger partial charge in [0.25, 0.3) is 11.8 Å². The first kappa shape index (κ1) is 25.8. The molecule has 4 rings (SSSR count). The number of amides is 1. The van der Waals surface area contributed by atoms with Crippen LogP contribution in [0.2, 0.25) is 0 Å². The number of carbonyl (C=O) groups is 1. The Morgan fingerprint density at radius 2 is 1.89 bits per heavy atom. The molecule has 2 heterocycles. The fourth-order valence-corrected chi connectivity index (χ4v) is 5.66. The van der Waals surface area contributed by atoms with Crippen molar-refractivity contribution >= 4 is 21.5 Å². The van der Waals surface area contributed by atoms with Gasteiger partial charge in [-0.25, -0.2) is 30.7 Å². The minimum Gasteiger partial charge on any atom is -0.365 e. The van der Waals surface area contributed by atoms with E-state index in [-0.39, 0.29) is 18.6 Å². The number of allylic oxidation sites excluding steroid dienone is 4. The monoisotopic (exact) mass is 516 g/mol. The van der Waals surface area contributed by atoms with Gasteiger partial charge in [-0.1, -0.05) is 42.5 Å². The molecular weight excluding hydrogens is 488 g/mol. The zero-order chi connectivity index (χ0) is 25.6. The molecule has 192 valence electrons. The summed E-state index contributed by atoms with van der Waals surface area (Å²) in [5, 5.41) is 0. The Bertz CT molecular complexity index is 1140. The lowest BCUT2D eigenvalue weighted by molar-refractivity contribution is -0.184. The SMILES string of the molecule is CCS(=O)(=O)N[C@@H]1[C@H](CC2(F)C=CC=C(c3ccccc3)C2F)N(C(=O)C2(C)CCO2)CC1(F)F. The Morgan fingerprint density at radius 3 is 2.46 bits per heavy atom. The van der Waals surface area contributed by atoms with E-state index in [1.807, 2.05) is 4.72 Å². The van der Waals surface area contributed by atoms with E-state index < -0.39 is 70.1 Å². The third kappa shape index (κ3) is 4.77. The van der Waals surface area contributed by atoms with Crippen molar-refractivity contribution in [3.8, 4) is 0 Å². The normalized spacial score (nSPS) is 34.4. The average Bonchev–Trinajstić information content (AvgIpc) is 3.03. The van der Waals surface area contributed by atoms with Crippen molar-refractivity contribution in [2.45, 2.75) is 62.1 Å². The molecule has 35 heavy (non-hydrogen) atoms. The molecule has 5 atom stereocenters. The van der Waals surface area contributed by atoms with Crippen LogP contribution in [0, 0.1) is 0 Å². The number of alkyl halides is 4. The van der Waals surface area contributed by atoms with Crippen LogP contribution in [0.4, 0.5) is 17.6 Å². The highest BCUT2D eigenvalue weighted by Gasteiger charge is 2.62. The summed E-state index contributed by atoms with van der Waals surface area (Å²) in [6.07, 6.45) is 0.836. The van der Waals surface area contributed by atoms with Crippen molar-refractivity contribution in [3.05, 3.63) is 54.1 Å². The lowest BCUT2D eigenvalue weighted by Crippen LogP contribution is -2.59. The number of ether oxygens (including phenoxy) is 1. The molecular formula is C24H28F4N2O4S. The highest BCUT2D eigenvalue weighted by molar-refractivity contribution is 7.89. The van der Waals surface area contributed by atoms with Gasteiger partial charge in [0.1, 0.15) is 11.6 Å². The van der Waals surface area contributed by atoms with E-state index in [1.54, 1.807) is 30.3 Å². The first-order chi connectivity index (χ1) is 16.3. The molecule has 0 aromatic heterocycles. The summed E-state index contributed by atoms with van der Waals surface area (Å²) in [6.45, 7) is 1.84. The van der Waals surface area contributed by atoms with Gasteiger partial charge < -0.3 is 9.64 Å². The Morgan fingerprint density at radius 1 is 1.23 bits per heavy atom. The fourth-order valence-electron chi connectivity index (χ4n) is 4.78. The van der Waals surface area contributed by atoms with E-state index in [4.69, 9.17) is 4.74 Å². The second-order valence-corrected chi connectivity index (χ2v) is 11.5. The molecule has 0 bridgehead atoms. The number of nitrogens with zero attached hydrogens (tertiary/aromatic N) is 1. The molecule has 1 aliphatic carbocycles. The summed E-state index contributed by atoms with van der Waals surface area (Å²) in [6, 6.07) is 4.47. The molecule has 0 radical (unpaired) electrons. The number of hydrogen-bond donors (Lipinski definition) is 1. The highest BCUT2D eigenvalue weighted by Crippen LogP contribution is 2.45. The first-order valence-electron chi connectivity index (χ1n) is 11.4. The fraction of sp³-hybridized carbons (Fsp3) is 0.542. The summed E-state index contributed by atoms with van der Waals surface area (Å²) >= 11 is 0. The zero-order valence-electron chi connectivity index (χ0n) is 19.4. The lowest BCUT2D eigenvalue weighted by Gasteiger charge is -2.42. The van der Waals surface area contributed by atoms with Gasteiger partial charge >= 0.3 is 0 Å². The topological polar surface area (TPSA) is 75.7 Å². The predicted molar refractivity (Wildman–Crippen MR) is 123 cm³/mol. The number of likely N-dealkylation sites (tertiary alicyclic amines) is 1. The quantitative estimate of drug-likeness (QED) is 0.564. The van der Waals surface area contributed by atoms with Crippen LogP contribution in [0.5, 0.6) is 0 Å². The van der Waals surface area contributed by atoms with Crippen molar-refractivity contribution in [2.75, 3.05) is 18.9 Å². The van der Waals surface area contributed by atoms with Gasteiger partial charge in [-0.2, -0.15) is 0 Å². The molecule has 3 unspecified atom stereocenters. The van der Waals surface area contributed by atoms with Crippen molar-refractivity contribution in [1.29, 1.82) is 0 Å².